The highest BCUT2D eigenvalue weighted by Crippen LogP contribution is 2.26. The smallest absolute Gasteiger partial charge is 0.226 e. The van der Waals surface area contributed by atoms with E-state index in [1.54, 1.807) is 0 Å². The van der Waals surface area contributed by atoms with Crippen molar-refractivity contribution in [1.82, 2.24) is 10.3 Å². The Morgan fingerprint density at radius 3 is 2.71 bits per heavy atom. The van der Waals surface area contributed by atoms with E-state index in [1.165, 1.54) is 36.2 Å². The van der Waals surface area contributed by atoms with E-state index in [2.05, 4.69) is 21.7 Å². The van der Waals surface area contributed by atoms with Gasteiger partial charge < -0.3 is 10.6 Å². The van der Waals surface area contributed by atoms with E-state index in [0.717, 1.165) is 23.1 Å². The maximum Gasteiger partial charge on any atom is 0.226 e. The van der Waals surface area contributed by atoms with Crippen molar-refractivity contribution in [2.24, 2.45) is 0 Å². The molecule has 1 aliphatic rings. The topological polar surface area (TPSA) is 71.1 Å². The van der Waals surface area contributed by atoms with Crippen LogP contribution in [0.2, 0.25) is 0 Å². The molecule has 24 heavy (non-hydrogen) atoms. The molecule has 0 saturated heterocycles. The molecule has 1 aromatic carbocycles. The van der Waals surface area contributed by atoms with Crippen LogP contribution in [0.5, 0.6) is 0 Å². The lowest BCUT2D eigenvalue weighted by Crippen LogP contribution is -2.36. The lowest BCUT2D eigenvalue weighted by molar-refractivity contribution is -0.125. The molecular weight excluding hydrogens is 322 g/mol. The van der Waals surface area contributed by atoms with Crippen LogP contribution >= 0.6 is 11.3 Å². The van der Waals surface area contributed by atoms with E-state index in [1.807, 2.05) is 19.1 Å². The van der Waals surface area contributed by atoms with Gasteiger partial charge >= 0.3 is 0 Å². The number of carbonyl (C=O) groups excluding carboxylic acids is 2. The van der Waals surface area contributed by atoms with Crippen molar-refractivity contribution in [3.05, 3.63) is 23.8 Å². The van der Waals surface area contributed by atoms with Gasteiger partial charge in [0.15, 0.2) is 5.13 Å². The second-order valence-corrected chi connectivity index (χ2v) is 7.47. The van der Waals surface area contributed by atoms with Gasteiger partial charge in [-0.15, -0.1) is 0 Å². The number of nitrogens with one attached hydrogen (secondary N) is 2. The van der Waals surface area contributed by atoms with Crippen LogP contribution in [0, 0.1) is 6.92 Å². The van der Waals surface area contributed by atoms with Crippen LogP contribution in [0.15, 0.2) is 18.2 Å². The van der Waals surface area contributed by atoms with Crippen LogP contribution in [0.25, 0.3) is 10.2 Å². The number of carbonyl (C=O) groups is 2. The molecular formula is C18H23N3O2S. The molecule has 1 saturated carbocycles. The summed E-state index contributed by atoms with van der Waals surface area (Å²) in [7, 11) is 0. The number of rotatable bonds is 5. The molecule has 0 spiro atoms. The van der Waals surface area contributed by atoms with E-state index in [-0.39, 0.29) is 24.7 Å². The first-order valence-corrected chi connectivity index (χ1v) is 9.38. The van der Waals surface area contributed by atoms with Crippen molar-refractivity contribution in [3.8, 4) is 0 Å². The second kappa shape index (κ2) is 7.75. The predicted molar refractivity (Wildman–Crippen MR) is 97.2 cm³/mol. The van der Waals surface area contributed by atoms with Crippen molar-refractivity contribution in [2.45, 2.75) is 57.9 Å². The number of nitrogens with zero attached hydrogens (tertiary/aromatic N) is 1. The molecule has 1 aliphatic carbocycles. The fourth-order valence-corrected chi connectivity index (χ4v) is 4.02. The first-order chi connectivity index (χ1) is 11.6. The predicted octanol–water partition coefficient (Wildman–Crippen LogP) is 3.77. The molecule has 128 valence electrons. The molecule has 0 radical (unpaired) electrons. The van der Waals surface area contributed by atoms with Gasteiger partial charge in [-0.2, -0.15) is 0 Å². The summed E-state index contributed by atoms with van der Waals surface area (Å²) < 4.78 is 1.06. The van der Waals surface area contributed by atoms with Gasteiger partial charge in [0.2, 0.25) is 11.8 Å². The number of benzene rings is 1. The normalized spacial score (nSPS) is 15.4. The molecule has 1 heterocycles. The zero-order valence-electron chi connectivity index (χ0n) is 13.9. The van der Waals surface area contributed by atoms with Crippen molar-refractivity contribution >= 4 is 38.5 Å². The van der Waals surface area contributed by atoms with E-state index >= 15 is 0 Å². The summed E-state index contributed by atoms with van der Waals surface area (Å²) in [5.41, 5.74) is 2.05. The van der Waals surface area contributed by atoms with Gasteiger partial charge in [-0.25, -0.2) is 4.98 Å². The fraction of sp³-hybridized carbons (Fsp3) is 0.500. The summed E-state index contributed by atoms with van der Waals surface area (Å²) in [6, 6.07) is 6.31. The number of anilines is 1. The molecule has 0 unspecified atom stereocenters. The van der Waals surface area contributed by atoms with Gasteiger partial charge in [0.1, 0.15) is 0 Å². The first kappa shape index (κ1) is 16.9. The van der Waals surface area contributed by atoms with Gasteiger partial charge in [0.25, 0.3) is 0 Å². The Balaban J connectivity index is 1.46. The number of fused-ring (bicyclic) bond motifs is 1. The van der Waals surface area contributed by atoms with Crippen LogP contribution in [-0.2, 0) is 9.59 Å². The Morgan fingerprint density at radius 2 is 1.92 bits per heavy atom. The molecule has 1 fully saturated rings. The molecule has 0 aliphatic heterocycles. The molecule has 0 bridgehead atoms. The quantitative estimate of drug-likeness (QED) is 0.866. The van der Waals surface area contributed by atoms with E-state index in [9.17, 15) is 9.59 Å². The molecule has 6 heteroatoms. The Labute approximate surface area is 145 Å². The first-order valence-electron chi connectivity index (χ1n) is 8.56. The average molecular weight is 345 g/mol. The van der Waals surface area contributed by atoms with E-state index in [0.29, 0.717) is 11.2 Å². The average Bonchev–Trinajstić information content (AvgIpc) is 2.95. The third-order valence-corrected chi connectivity index (χ3v) is 5.27. The lowest BCUT2D eigenvalue weighted by Gasteiger charge is -2.22. The highest BCUT2D eigenvalue weighted by atomic mass is 32.1. The third-order valence-electron chi connectivity index (χ3n) is 4.34. The van der Waals surface area contributed by atoms with Crippen LogP contribution in [-0.4, -0.2) is 22.8 Å². The fourth-order valence-electron chi connectivity index (χ4n) is 3.04. The van der Waals surface area contributed by atoms with Crippen LogP contribution < -0.4 is 10.6 Å². The molecule has 1 aromatic heterocycles. The van der Waals surface area contributed by atoms with Crippen LogP contribution in [0.1, 0.15) is 50.5 Å². The molecule has 2 amide bonds. The van der Waals surface area contributed by atoms with Crippen molar-refractivity contribution in [3.63, 3.8) is 0 Å². The molecule has 2 aromatic rings. The Morgan fingerprint density at radius 1 is 1.17 bits per heavy atom. The summed E-state index contributed by atoms with van der Waals surface area (Å²) in [6.45, 7) is 2.03. The van der Waals surface area contributed by atoms with Gasteiger partial charge in [-0.05, 0) is 37.5 Å². The molecule has 2 N–H and O–H groups in total. The highest BCUT2D eigenvalue weighted by molar-refractivity contribution is 7.22. The Bertz CT molecular complexity index is 735. The van der Waals surface area contributed by atoms with E-state index in [4.69, 9.17) is 0 Å². The number of aryl methyl sites for hydroxylation is 1. The lowest BCUT2D eigenvalue weighted by atomic mass is 9.95. The third kappa shape index (κ3) is 4.54. The van der Waals surface area contributed by atoms with Crippen molar-refractivity contribution < 1.29 is 9.59 Å². The van der Waals surface area contributed by atoms with Gasteiger partial charge in [-0.3, -0.25) is 9.59 Å². The number of aromatic nitrogens is 1. The van der Waals surface area contributed by atoms with Crippen LogP contribution in [0.4, 0.5) is 5.13 Å². The summed E-state index contributed by atoms with van der Waals surface area (Å²) in [5, 5.41) is 6.42. The summed E-state index contributed by atoms with van der Waals surface area (Å²) >= 11 is 1.46. The summed E-state index contributed by atoms with van der Waals surface area (Å²) in [4.78, 5) is 28.4. The van der Waals surface area contributed by atoms with Gasteiger partial charge in [-0.1, -0.05) is 36.7 Å². The Kier molecular flexibility index (Phi) is 5.45. The zero-order valence-corrected chi connectivity index (χ0v) is 14.7. The SMILES string of the molecule is Cc1ccc2nc(NC(=O)CCC(=O)NC3CCCCC3)sc2c1. The summed E-state index contributed by atoms with van der Waals surface area (Å²) in [6.07, 6.45) is 6.16. The van der Waals surface area contributed by atoms with Gasteiger partial charge in [0.05, 0.1) is 10.2 Å². The highest BCUT2D eigenvalue weighted by Gasteiger charge is 2.16. The van der Waals surface area contributed by atoms with Crippen LogP contribution in [0.3, 0.4) is 0 Å². The van der Waals surface area contributed by atoms with E-state index < -0.39 is 0 Å². The number of hydrogen-bond acceptors (Lipinski definition) is 4. The van der Waals surface area contributed by atoms with Crippen molar-refractivity contribution in [1.29, 1.82) is 0 Å². The monoisotopic (exact) mass is 345 g/mol. The maximum absolute atomic E-state index is 12.0. The Hall–Kier alpha value is -1.95. The number of thiazole rings is 1. The number of hydrogen-bond donors (Lipinski definition) is 2. The largest absolute Gasteiger partial charge is 0.353 e. The molecule has 3 rings (SSSR count). The summed E-state index contributed by atoms with van der Waals surface area (Å²) in [5.74, 6) is -0.193. The minimum absolute atomic E-state index is 0.0306. The minimum Gasteiger partial charge on any atom is -0.353 e. The molecule has 5 nitrogen and oxygen atoms in total. The zero-order chi connectivity index (χ0) is 16.9. The van der Waals surface area contributed by atoms with Crippen molar-refractivity contribution in [2.75, 3.05) is 5.32 Å². The standard InChI is InChI=1S/C18H23N3O2S/c1-12-7-8-14-15(11-12)24-18(20-14)21-17(23)10-9-16(22)19-13-5-3-2-4-6-13/h7-8,11,13H,2-6,9-10H2,1H3,(H,19,22)(H,20,21,23). The maximum atomic E-state index is 12.0. The second-order valence-electron chi connectivity index (χ2n) is 6.44. The molecule has 0 atom stereocenters. The number of amides is 2. The minimum atomic E-state index is -0.162. The van der Waals surface area contributed by atoms with Gasteiger partial charge in [0, 0.05) is 18.9 Å².